The standard InChI is InChI=1S/C23H31NO2/c1-6-22(26-21-12-7-17(4)18(5)15-21)23(25)24-14-13-19-8-10-20(11-9-19)16(2)3/h7-12,15-16,22H,6,13-14H2,1-5H3,(H,24,25). The summed E-state index contributed by atoms with van der Waals surface area (Å²) in [7, 11) is 0. The first kappa shape index (κ1) is 20.0. The fourth-order valence-electron chi connectivity index (χ4n) is 2.79. The second-order valence-electron chi connectivity index (χ2n) is 7.20. The SMILES string of the molecule is CCC(Oc1ccc(C)c(C)c1)C(=O)NCCc1ccc(C(C)C)cc1. The Labute approximate surface area is 157 Å². The van der Waals surface area contributed by atoms with Crippen molar-refractivity contribution < 1.29 is 9.53 Å². The van der Waals surface area contributed by atoms with Crippen LogP contribution in [0.4, 0.5) is 0 Å². The summed E-state index contributed by atoms with van der Waals surface area (Å²) in [5, 5.41) is 3.00. The van der Waals surface area contributed by atoms with E-state index in [1.807, 2.05) is 32.0 Å². The van der Waals surface area contributed by atoms with Crippen molar-refractivity contribution in [2.24, 2.45) is 0 Å². The molecule has 0 fully saturated rings. The smallest absolute Gasteiger partial charge is 0.261 e. The molecule has 2 aromatic rings. The third kappa shape index (κ3) is 5.62. The number of carbonyl (C=O) groups is 1. The van der Waals surface area contributed by atoms with E-state index in [0.29, 0.717) is 18.9 Å². The fraction of sp³-hybridized carbons (Fsp3) is 0.435. The molecule has 0 radical (unpaired) electrons. The highest BCUT2D eigenvalue weighted by molar-refractivity contribution is 5.81. The molecule has 140 valence electrons. The minimum absolute atomic E-state index is 0.0514. The van der Waals surface area contributed by atoms with Gasteiger partial charge >= 0.3 is 0 Å². The average Bonchev–Trinajstić information content (AvgIpc) is 2.62. The Hall–Kier alpha value is -2.29. The Morgan fingerprint density at radius 3 is 2.31 bits per heavy atom. The number of ether oxygens (including phenoxy) is 1. The van der Waals surface area contributed by atoms with E-state index in [9.17, 15) is 4.79 Å². The van der Waals surface area contributed by atoms with Gasteiger partial charge in [0.1, 0.15) is 5.75 Å². The maximum Gasteiger partial charge on any atom is 0.261 e. The topological polar surface area (TPSA) is 38.3 Å². The van der Waals surface area contributed by atoms with Gasteiger partial charge < -0.3 is 10.1 Å². The Kier molecular flexibility index (Phi) is 7.26. The number of benzene rings is 2. The van der Waals surface area contributed by atoms with Gasteiger partial charge in [-0.15, -0.1) is 0 Å². The molecule has 0 saturated carbocycles. The Bertz CT molecular complexity index is 719. The van der Waals surface area contributed by atoms with Crippen LogP contribution in [-0.4, -0.2) is 18.6 Å². The van der Waals surface area contributed by atoms with E-state index in [2.05, 4.69) is 50.4 Å². The number of carbonyl (C=O) groups excluding carboxylic acids is 1. The van der Waals surface area contributed by atoms with Crippen molar-refractivity contribution in [3.8, 4) is 5.75 Å². The number of rotatable bonds is 8. The summed E-state index contributed by atoms with van der Waals surface area (Å²) in [6, 6.07) is 14.6. The van der Waals surface area contributed by atoms with Crippen LogP contribution in [0.1, 0.15) is 55.4 Å². The molecule has 0 aliphatic carbocycles. The van der Waals surface area contributed by atoms with Crippen LogP contribution < -0.4 is 10.1 Å². The van der Waals surface area contributed by atoms with Crippen LogP contribution in [-0.2, 0) is 11.2 Å². The summed E-state index contributed by atoms with van der Waals surface area (Å²) in [5.74, 6) is 1.24. The summed E-state index contributed by atoms with van der Waals surface area (Å²) in [6.45, 7) is 11.1. The first-order valence-corrected chi connectivity index (χ1v) is 9.51. The number of aryl methyl sites for hydroxylation is 2. The molecule has 1 N–H and O–H groups in total. The first-order chi connectivity index (χ1) is 12.4. The van der Waals surface area contributed by atoms with Gasteiger partial charge in [-0.05, 0) is 67.0 Å². The van der Waals surface area contributed by atoms with E-state index >= 15 is 0 Å². The highest BCUT2D eigenvalue weighted by Crippen LogP contribution is 2.19. The lowest BCUT2D eigenvalue weighted by molar-refractivity contribution is -0.128. The zero-order valence-electron chi connectivity index (χ0n) is 16.6. The monoisotopic (exact) mass is 353 g/mol. The maximum absolute atomic E-state index is 12.4. The molecule has 3 heteroatoms. The van der Waals surface area contributed by atoms with Gasteiger partial charge in [0.05, 0.1) is 0 Å². The second kappa shape index (κ2) is 9.42. The fourth-order valence-corrected chi connectivity index (χ4v) is 2.79. The predicted molar refractivity (Wildman–Crippen MR) is 108 cm³/mol. The summed E-state index contributed by atoms with van der Waals surface area (Å²) in [6.07, 6.45) is 1.01. The molecule has 3 nitrogen and oxygen atoms in total. The Morgan fingerprint density at radius 1 is 1.04 bits per heavy atom. The summed E-state index contributed by atoms with van der Waals surface area (Å²) in [5.41, 5.74) is 4.96. The molecule has 2 aromatic carbocycles. The molecule has 26 heavy (non-hydrogen) atoms. The number of hydrogen-bond donors (Lipinski definition) is 1. The van der Waals surface area contributed by atoms with Crippen molar-refractivity contribution >= 4 is 5.91 Å². The van der Waals surface area contributed by atoms with Gasteiger partial charge in [0.25, 0.3) is 5.91 Å². The maximum atomic E-state index is 12.4. The zero-order chi connectivity index (χ0) is 19.1. The average molecular weight is 354 g/mol. The van der Waals surface area contributed by atoms with Gasteiger partial charge in [0.2, 0.25) is 0 Å². The first-order valence-electron chi connectivity index (χ1n) is 9.51. The summed E-state index contributed by atoms with van der Waals surface area (Å²) < 4.78 is 5.89. The van der Waals surface area contributed by atoms with Crippen LogP contribution in [0.15, 0.2) is 42.5 Å². The molecule has 0 saturated heterocycles. The lowest BCUT2D eigenvalue weighted by atomic mass is 10.0. The quantitative estimate of drug-likeness (QED) is 0.730. The molecule has 0 aliphatic rings. The molecular formula is C23H31NO2. The predicted octanol–water partition coefficient (Wildman–Crippen LogP) is 4.94. The van der Waals surface area contributed by atoms with E-state index in [-0.39, 0.29) is 5.91 Å². The van der Waals surface area contributed by atoms with Gasteiger partial charge in [-0.25, -0.2) is 0 Å². The summed E-state index contributed by atoms with van der Waals surface area (Å²) in [4.78, 5) is 12.4. The molecular weight excluding hydrogens is 322 g/mol. The Balaban J connectivity index is 1.85. The largest absolute Gasteiger partial charge is 0.481 e. The molecule has 1 amide bonds. The van der Waals surface area contributed by atoms with Gasteiger partial charge in [-0.2, -0.15) is 0 Å². The van der Waals surface area contributed by atoms with Crippen LogP contribution in [0.3, 0.4) is 0 Å². The second-order valence-corrected chi connectivity index (χ2v) is 7.20. The lowest BCUT2D eigenvalue weighted by Crippen LogP contribution is -2.38. The van der Waals surface area contributed by atoms with Crippen LogP contribution in [0.25, 0.3) is 0 Å². The van der Waals surface area contributed by atoms with Crippen molar-refractivity contribution in [3.63, 3.8) is 0 Å². The zero-order valence-corrected chi connectivity index (χ0v) is 16.6. The molecule has 1 atom stereocenters. The molecule has 0 heterocycles. The van der Waals surface area contributed by atoms with Crippen LogP contribution in [0, 0.1) is 13.8 Å². The number of nitrogens with one attached hydrogen (secondary N) is 1. The van der Waals surface area contributed by atoms with Gasteiger partial charge in [0, 0.05) is 6.54 Å². The minimum Gasteiger partial charge on any atom is -0.481 e. The van der Waals surface area contributed by atoms with E-state index in [1.54, 1.807) is 0 Å². The Morgan fingerprint density at radius 2 is 1.73 bits per heavy atom. The van der Waals surface area contributed by atoms with Crippen LogP contribution in [0.2, 0.25) is 0 Å². The van der Waals surface area contributed by atoms with E-state index in [1.165, 1.54) is 22.3 Å². The lowest BCUT2D eigenvalue weighted by Gasteiger charge is -2.18. The van der Waals surface area contributed by atoms with Crippen molar-refractivity contribution in [3.05, 3.63) is 64.7 Å². The third-order valence-electron chi connectivity index (χ3n) is 4.78. The molecule has 1 unspecified atom stereocenters. The van der Waals surface area contributed by atoms with Crippen molar-refractivity contribution in [2.45, 2.75) is 59.5 Å². The van der Waals surface area contributed by atoms with Crippen molar-refractivity contribution in [2.75, 3.05) is 6.54 Å². The van der Waals surface area contributed by atoms with Gasteiger partial charge in [-0.3, -0.25) is 4.79 Å². The molecule has 0 aromatic heterocycles. The summed E-state index contributed by atoms with van der Waals surface area (Å²) >= 11 is 0. The van der Waals surface area contributed by atoms with Crippen molar-refractivity contribution in [1.29, 1.82) is 0 Å². The number of hydrogen-bond acceptors (Lipinski definition) is 2. The van der Waals surface area contributed by atoms with Gasteiger partial charge in [0.15, 0.2) is 6.10 Å². The van der Waals surface area contributed by atoms with Crippen molar-refractivity contribution in [1.82, 2.24) is 5.32 Å². The van der Waals surface area contributed by atoms with Gasteiger partial charge in [-0.1, -0.05) is 51.1 Å². The molecule has 2 rings (SSSR count). The number of amides is 1. The molecule has 0 aliphatic heterocycles. The van der Waals surface area contributed by atoms with E-state index < -0.39 is 6.10 Å². The molecule has 0 spiro atoms. The highest BCUT2D eigenvalue weighted by atomic mass is 16.5. The highest BCUT2D eigenvalue weighted by Gasteiger charge is 2.18. The minimum atomic E-state index is -0.458. The molecule has 0 bridgehead atoms. The van der Waals surface area contributed by atoms with E-state index in [0.717, 1.165) is 12.2 Å². The van der Waals surface area contributed by atoms with Crippen LogP contribution in [0.5, 0.6) is 5.75 Å². The van der Waals surface area contributed by atoms with Crippen LogP contribution >= 0.6 is 0 Å². The normalized spacial score (nSPS) is 12.1. The third-order valence-corrected chi connectivity index (χ3v) is 4.78. The van der Waals surface area contributed by atoms with E-state index in [4.69, 9.17) is 4.74 Å².